The van der Waals surface area contributed by atoms with Crippen molar-refractivity contribution in [2.24, 2.45) is 4.99 Å². The molecule has 2 aromatic rings. The number of hydrogen-bond acceptors (Lipinski definition) is 4. The predicted octanol–water partition coefficient (Wildman–Crippen LogP) is 3.35. The minimum absolute atomic E-state index is 0.121. The summed E-state index contributed by atoms with van der Waals surface area (Å²) in [6, 6.07) is 17.4. The molecule has 0 radical (unpaired) electrons. The molecule has 3 heterocycles. The Hall–Kier alpha value is -2.66. The molecule has 0 saturated carbocycles. The van der Waals surface area contributed by atoms with Crippen molar-refractivity contribution in [2.45, 2.75) is 49.9 Å². The fourth-order valence-corrected chi connectivity index (χ4v) is 5.40. The van der Waals surface area contributed by atoms with Crippen LogP contribution in [0, 0.1) is 0 Å². The Labute approximate surface area is 170 Å². The zero-order valence-electron chi connectivity index (χ0n) is 16.4. The Morgan fingerprint density at radius 2 is 1.59 bits per heavy atom. The number of amidine groups is 1. The average molecular weight is 388 g/mol. The second-order valence-corrected chi connectivity index (χ2v) is 8.67. The largest absolute Gasteiger partial charge is 0.448 e. The van der Waals surface area contributed by atoms with E-state index in [-0.39, 0.29) is 11.5 Å². The Morgan fingerprint density at radius 3 is 2.41 bits per heavy atom. The Balaban J connectivity index is 1.18. The van der Waals surface area contributed by atoms with Crippen LogP contribution >= 0.6 is 0 Å². The van der Waals surface area contributed by atoms with E-state index in [4.69, 9.17) is 9.47 Å². The van der Waals surface area contributed by atoms with Gasteiger partial charge in [0.1, 0.15) is 0 Å². The molecular formula is C24H24N2O3. The number of piperidine rings is 1. The maximum atomic E-state index is 12.9. The molecule has 29 heavy (non-hydrogen) atoms. The van der Waals surface area contributed by atoms with Crippen molar-refractivity contribution in [1.29, 1.82) is 0 Å². The highest BCUT2D eigenvalue weighted by Gasteiger charge is 2.51. The lowest BCUT2D eigenvalue weighted by Gasteiger charge is -2.40. The van der Waals surface area contributed by atoms with Gasteiger partial charge in [-0.25, -0.2) is 0 Å². The van der Waals surface area contributed by atoms with Crippen molar-refractivity contribution in [3.63, 3.8) is 0 Å². The van der Waals surface area contributed by atoms with Crippen LogP contribution in [0.15, 0.2) is 53.5 Å². The van der Waals surface area contributed by atoms with Gasteiger partial charge in [-0.05, 0) is 41.5 Å². The lowest BCUT2D eigenvalue weighted by molar-refractivity contribution is -0.132. The number of aliphatic imine (C=N–C) groups is 1. The minimum Gasteiger partial charge on any atom is -0.448 e. The van der Waals surface area contributed by atoms with Crippen LogP contribution in [0.4, 0.5) is 0 Å². The third-order valence-corrected chi connectivity index (χ3v) is 7.12. The number of fused-ring (bicyclic) bond motifs is 3. The third kappa shape index (κ3) is 2.57. The number of amides is 1. The van der Waals surface area contributed by atoms with E-state index in [2.05, 4.69) is 52.4 Å². The topological polar surface area (TPSA) is 51.1 Å². The molecule has 5 heteroatoms. The molecule has 1 atom stereocenters. The van der Waals surface area contributed by atoms with Gasteiger partial charge in [-0.15, -0.1) is 0 Å². The molecule has 0 N–H and O–H groups in total. The highest BCUT2D eigenvalue weighted by atomic mass is 16.5. The van der Waals surface area contributed by atoms with Gasteiger partial charge < -0.3 is 14.4 Å². The molecule has 6 rings (SSSR count). The van der Waals surface area contributed by atoms with Crippen LogP contribution in [0.25, 0.3) is 0 Å². The van der Waals surface area contributed by atoms with E-state index >= 15 is 0 Å². The Morgan fingerprint density at radius 1 is 0.862 bits per heavy atom. The SMILES string of the molecule is O=C1N=C(N2CCC3(CC2)OCc2ccccc23)OC12CCc1ccccc1C2. The van der Waals surface area contributed by atoms with Crippen LogP contribution in [0.5, 0.6) is 0 Å². The Kier molecular flexibility index (Phi) is 3.66. The van der Waals surface area contributed by atoms with Crippen LogP contribution < -0.4 is 0 Å². The molecule has 1 unspecified atom stereocenters. The number of carbonyl (C=O) groups excluding carboxylic acids is 1. The summed E-state index contributed by atoms with van der Waals surface area (Å²) >= 11 is 0. The second-order valence-electron chi connectivity index (χ2n) is 8.67. The second kappa shape index (κ2) is 6.17. The minimum atomic E-state index is -0.810. The van der Waals surface area contributed by atoms with Gasteiger partial charge in [0.25, 0.3) is 11.9 Å². The van der Waals surface area contributed by atoms with E-state index in [0.29, 0.717) is 25.5 Å². The fourth-order valence-electron chi connectivity index (χ4n) is 5.40. The van der Waals surface area contributed by atoms with Crippen LogP contribution in [0.3, 0.4) is 0 Å². The molecule has 148 valence electrons. The summed E-state index contributed by atoms with van der Waals surface area (Å²) in [5.74, 6) is -0.121. The van der Waals surface area contributed by atoms with Gasteiger partial charge in [-0.2, -0.15) is 4.99 Å². The van der Waals surface area contributed by atoms with Gasteiger partial charge in [0.2, 0.25) is 0 Å². The van der Waals surface area contributed by atoms with E-state index in [1.165, 1.54) is 22.3 Å². The zero-order valence-corrected chi connectivity index (χ0v) is 16.4. The lowest BCUT2D eigenvalue weighted by atomic mass is 9.80. The molecule has 0 bridgehead atoms. The van der Waals surface area contributed by atoms with Crippen molar-refractivity contribution < 1.29 is 14.3 Å². The van der Waals surface area contributed by atoms with Gasteiger partial charge in [0, 0.05) is 25.9 Å². The van der Waals surface area contributed by atoms with E-state index in [0.717, 1.165) is 32.4 Å². The lowest BCUT2D eigenvalue weighted by Crippen LogP contribution is -2.48. The maximum Gasteiger partial charge on any atom is 0.296 e. The van der Waals surface area contributed by atoms with E-state index in [9.17, 15) is 4.79 Å². The quantitative estimate of drug-likeness (QED) is 0.695. The van der Waals surface area contributed by atoms with Gasteiger partial charge in [-0.1, -0.05) is 48.5 Å². The van der Waals surface area contributed by atoms with Crippen LogP contribution in [-0.2, 0) is 39.3 Å². The molecule has 2 spiro atoms. The summed E-state index contributed by atoms with van der Waals surface area (Å²) in [6.45, 7) is 2.26. The molecule has 0 aromatic heterocycles. The normalized spacial score (nSPS) is 27.0. The summed E-state index contributed by atoms with van der Waals surface area (Å²) in [5.41, 5.74) is 4.14. The third-order valence-electron chi connectivity index (χ3n) is 7.12. The number of likely N-dealkylation sites (tertiary alicyclic amines) is 1. The molecule has 2 aromatic carbocycles. The van der Waals surface area contributed by atoms with E-state index in [1.807, 2.05) is 6.07 Å². The molecule has 1 amide bonds. The Bertz CT molecular complexity index is 1020. The van der Waals surface area contributed by atoms with Gasteiger partial charge >= 0.3 is 0 Å². The number of hydrogen-bond donors (Lipinski definition) is 0. The number of benzene rings is 2. The van der Waals surface area contributed by atoms with Crippen LogP contribution in [0.2, 0.25) is 0 Å². The first kappa shape index (κ1) is 17.2. The smallest absolute Gasteiger partial charge is 0.296 e. The first-order valence-corrected chi connectivity index (χ1v) is 10.5. The molecule has 5 nitrogen and oxygen atoms in total. The van der Waals surface area contributed by atoms with Gasteiger partial charge in [-0.3, -0.25) is 4.79 Å². The molecule has 3 aliphatic heterocycles. The van der Waals surface area contributed by atoms with Crippen molar-refractivity contribution in [3.8, 4) is 0 Å². The van der Waals surface area contributed by atoms with Crippen molar-refractivity contribution in [3.05, 3.63) is 70.8 Å². The van der Waals surface area contributed by atoms with Gasteiger partial charge in [0.05, 0.1) is 12.2 Å². The van der Waals surface area contributed by atoms with Crippen molar-refractivity contribution in [1.82, 2.24) is 4.90 Å². The van der Waals surface area contributed by atoms with E-state index < -0.39 is 5.60 Å². The fraction of sp³-hybridized carbons (Fsp3) is 0.417. The summed E-state index contributed by atoms with van der Waals surface area (Å²) < 4.78 is 12.6. The number of ether oxygens (including phenoxy) is 2. The summed E-state index contributed by atoms with van der Waals surface area (Å²) in [4.78, 5) is 19.4. The molecule has 1 saturated heterocycles. The average Bonchev–Trinajstić information content (AvgIpc) is 3.27. The van der Waals surface area contributed by atoms with Crippen molar-refractivity contribution >= 4 is 11.9 Å². The van der Waals surface area contributed by atoms with E-state index in [1.54, 1.807) is 0 Å². The number of nitrogens with zero attached hydrogens (tertiary/aromatic N) is 2. The van der Waals surface area contributed by atoms with Crippen LogP contribution in [-0.4, -0.2) is 35.5 Å². The monoisotopic (exact) mass is 388 g/mol. The first-order valence-electron chi connectivity index (χ1n) is 10.5. The van der Waals surface area contributed by atoms with Gasteiger partial charge in [0.15, 0.2) is 5.60 Å². The highest BCUT2D eigenvalue weighted by Crippen LogP contribution is 2.45. The standard InChI is InChI=1S/C24H24N2O3/c27-21-24(10-9-17-5-1-2-6-18(17)15-24)29-22(25-21)26-13-11-23(12-14-26)20-8-4-3-7-19(20)16-28-23/h1-8H,9-16H2. The number of carbonyl (C=O) groups is 1. The van der Waals surface area contributed by atoms with Crippen LogP contribution in [0.1, 0.15) is 41.5 Å². The summed E-state index contributed by atoms with van der Waals surface area (Å²) in [5, 5.41) is 0. The maximum absolute atomic E-state index is 12.9. The molecule has 4 aliphatic rings. The first-order chi connectivity index (χ1) is 14.2. The molecule has 1 aliphatic carbocycles. The summed E-state index contributed by atoms with van der Waals surface area (Å²) in [7, 11) is 0. The number of aryl methyl sites for hydroxylation is 1. The predicted molar refractivity (Wildman–Crippen MR) is 108 cm³/mol. The molecular weight excluding hydrogens is 364 g/mol. The highest BCUT2D eigenvalue weighted by molar-refractivity contribution is 6.01. The van der Waals surface area contributed by atoms with Crippen molar-refractivity contribution in [2.75, 3.05) is 13.1 Å². The number of rotatable bonds is 0. The molecule has 1 fully saturated rings. The zero-order chi connectivity index (χ0) is 19.5. The summed E-state index contributed by atoms with van der Waals surface area (Å²) in [6.07, 6.45) is 3.94.